The van der Waals surface area contributed by atoms with E-state index >= 15 is 0 Å². The van der Waals surface area contributed by atoms with Crippen LogP contribution in [0.15, 0.2) is 53.3 Å². The zero-order valence-electron chi connectivity index (χ0n) is 23.2. The number of nitriles is 1. The molecule has 0 unspecified atom stereocenters. The summed E-state index contributed by atoms with van der Waals surface area (Å²) in [7, 11) is 5.60. The Kier molecular flexibility index (Phi) is 11.3. The zero-order valence-corrected chi connectivity index (χ0v) is 23.2. The minimum atomic E-state index is -0.253. The Morgan fingerprint density at radius 3 is 2.24 bits per heavy atom. The number of carbonyl (C=O) groups excluding carboxylic acids is 1. The third-order valence-corrected chi connectivity index (χ3v) is 6.46. The molecule has 0 aliphatic carbocycles. The smallest absolute Gasteiger partial charge is 0.271 e. The fraction of sp³-hybridized carbons (Fsp3) is 0.414. The topological polar surface area (TPSA) is 117 Å². The number of rotatable bonds is 7. The number of ether oxygens (including phenoxy) is 1. The van der Waals surface area contributed by atoms with Crippen LogP contribution in [0.5, 0.6) is 5.75 Å². The Morgan fingerprint density at radius 1 is 1.03 bits per heavy atom. The van der Waals surface area contributed by atoms with E-state index in [1.165, 1.54) is 0 Å². The maximum absolute atomic E-state index is 13.4. The molecule has 9 heteroatoms. The number of hydrogen-bond acceptors (Lipinski definition) is 7. The monoisotopic (exact) mass is 520 g/mol. The first-order valence-corrected chi connectivity index (χ1v) is 12.8. The molecule has 0 radical (unpaired) electrons. The molecule has 3 N–H and O–H groups in total. The summed E-state index contributed by atoms with van der Waals surface area (Å²) in [6, 6.07) is 17.1. The number of benzene rings is 2. The van der Waals surface area contributed by atoms with Crippen molar-refractivity contribution in [2.24, 2.45) is 0 Å². The highest BCUT2D eigenvalue weighted by Gasteiger charge is 2.27. The van der Waals surface area contributed by atoms with Crippen LogP contribution < -0.4 is 21.3 Å². The first-order valence-electron chi connectivity index (χ1n) is 12.8. The van der Waals surface area contributed by atoms with Crippen LogP contribution in [0.4, 0.5) is 5.69 Å². The second-order valence-corrected chi connectivity index (χ2v) is 8.97. The number of piperazine rings is 1. The summed E-state index contributed by atoms with van der Waals surface area (Å²) in [5.41, 5.74) is 2.04. The summed E-state index contributed by atoms with van der Waals surface area (Å²) in [5.74, 6) is 0.674. The minimum absolute atomic E-state index is 0. The maximum Gasteiger partial charge on any atom is 0.271 e. The van der Waals surface area contributed by atoms with Gasteiger partial charge in [0.25, 0.3) is 11.5 Å². The van der Waals surface area contributed by atoms with E-state index in [4.69, 9.17) is 4.74 Å². The van der Waals surface area contributed by atoms with Gasteiger partial charge in [-0.3, -0.25) is 9.59 Å². The second kappa shape index (κ2) is 14.2. The molecular formula is C29H40N6O3. The molecule has 1 aliphatic heterocycles. The van der Waals surface area contributed by atoms with Gasteiger partial charge in [-0.1, -0.05) is 32.0 Å². The minimum Gasteiger partial charge on any atom is -0.497 e. The lowest BCUT2D eigenvalue weighted by atomic mass is 10.1. The van der Waals surface area contributed by atoms with E-state index in [0.717, 1.165) is 23.9 Å². The number of anilines is 1. The average Bonchev–Trinajstić information content (AvgIpc) is 2.94. The van der Waals surface area contributed by atoms with E-state index in [2.05, 4.69) is 15.9 Å². The van der Waals surface area contributed by atoms with Crippen molar-refractivity contribution in [1.29, 1.82) is 5.26 Å². The van der Waals surface area contributed by atoms with Gasteiger partial charge in [-0.15, -0.1) is 0 Å². The van der Waals surface area contributed by atoms with Gasteiger partial charge in [0, 0.05) is 43.7 Å². The van der Waals surface area contributed by atoms with Crippen LogP contribution in [0, 0.1) is 11.3 Å². The first-order chi connectivity index (χ1) is 17.9. The molecule has 0 bridgehead atoms. The number of fused-ring (bicyclic) bond motifs is 1. The predicted molar refractivity (Wildman–Crippen MR) is 154 cm³/mol. The summed E-state index contributed by atoms with van der Waals surface area (Å²) < 4.78 is 6.90. The van der Waals surface area contributed by atoms with E-state index in [9.17, 15) is 14.9 Å². The van der Waals surface area contributed by atoms with Gasteiger partial charge in [-0.05, 0) is 57.4 Å². The molecule has 1 aliphatic rings. The van der Waals surface area contributed by atoms with Crippen molar-refractivity contribution >= 4 is 22.5 Å². The number of amides is 1. The number of aryl methyl sites for hydroxylation is 1. The standard InChI is InChI=1S/C27H31N5O3.C2H6.H3N/c1-29(2)13-6-14-32-24-8-5-4-7-22(24)25(23(19-28)27(32)34)30-15-17-31(18-16-30)26(33)20-9-11-21(35-3)12-10-20;1-2;/h4-5,7-12H,6,13-18H2,1-3H3;1-2H3;1H3. The molecule has 1 fully saturated rings. The number of carbonyl (C=O) groups is 1. The van der Waals surface area contributed by atoms with Crippen molar-refractivity contribution in [2.75, 3.05) is 58.8 Å². The van der Waals surface area contributed by atoms with E-state index in [0.29, 0.717) is 49.7 Å². The van der Waals surface area contributed by atoms with Crippen LogP contribution in [-0.4, -0.2) is 74.2 Å². The lowest BCUT2D eigenvalue weighted by Crippen LogP contribution is -2.49. The van der Waals surface area contributed by atoms with Gasteiger partial charge in [-0.25, -0.2) is 0 Å². The van der Waals surface area contributed by atoms with Crippen molar-refractivity contribution in [3.8, 4) is 11.8 Å². The predicted octanol–water partition coefficient (Wildman–Crippen LogP) is 3.98. The third-order valence-electron chi connectivity index (χ3n) is 6.46. The Bertz CT molecular complexity index is 1300. The average molecular weight is 521 g/mol. The van der Waals surface area contributed by atoms with Crippen LogP contribution >= 0.6 is 0 Å². The highest BCUT2D eigenvalue weighted by molar-refractivity contribution is 5.96. The van der Waals surface area contributed by atoms with Crippen molar-refractivity contribution < 1.29 is 9.53 Å². The highest BCUT2D eigenvalue weighted by Crippen LogP contribution is 2.30. The molecule has 4 rings (SSSR count). The molecule has 0 atom stereocenters. The quantitative estimate of drug-likeness (QED) is 0.501. The number of hydrogen-bond donors (Lipinski definition) is 1. The largest absolute Gasteiger partial charge is 0.497 e. The Balaban J connectivity index is 0.00000165. The van der Waals surface area contributed by atoms with Crippen LogP contribution in [0.1, 0.15) is 36.2 Å². The third kappa shape index (κ3) is 6.52. The van der Waals surface area contributed by atoms with Gasteiger partial charge in [0.1, 0.15) is 17.4 Å². The summed E-state index contributed by atoms with van der Waals surface area (Å²) in [4.78, 5) is 32.3. The molecule has 38 heavy (non-hydrogen) atoms. The summed E-state index contributed by atoms with van der Waals surface area (Å²) in [5, 5.41) is 10.9. The van der Waals surface area contributed by atoms with Crippen molar-refractivity contribution in [2.45, 2.75) is 26.8 Å². The van der Waals surface area contributed by atoms with E-state index in [-0.39, 0.29) is 23.2 Å². The number of pyridine rings is 1. The lowest BCUT2D eigenvalue weighted by Gasteiger charge is -2.37. The summed E-state index contributed by atoms with van der Waals surface area (Å²) in [6.45, 7) is 7.52. The van der Waals surface area contributed by atoms with E-state index in [1.54, 1.807) is 35.9 Å². The Labute approximate surface area is 225 Å². The zero-order chi connectivity index (χ0) is 26.9. The number of para-hydroxylation sites is 1. The Morgan fingerprint density at radius 2 is 1.66 bits per heavy atom. The van der Waals surface area contributed by atoms with Gasteiger partial charge >= 0.3 is 0 Å². The second-order valence-electron chi connectivity index (χ2n) is 8.97. The molecule has 2 aromatic carbocycles. The lowest BCUT2D eigenvalue weighted by molar-refractivity contribution is 0.0747. The van der Waals surface area contributed by atoms with Gasteiger partial charge in [0.2, 0.25) is 0 Å². The molecule has 1 amide bonds. The molecular weight excluding hydrogens is 480 g/mol. The Hall–Kier alpha value is -3.87. The van der Waals surface area contributed by atoms with Crippen LogP contribution in [0.3, 0.4) is 0 Å². The van der Waals surface area contributed by atoms with Crippen LogP contribution in [0.25, 0.3) is 10.9 Å². The molecule has 2 heterocycles. The van der Waals surface area contributed by atoms with E-state index < -0.39 is 0 Å². The fourth-order valence-corrected chi connectivity index (χ4v) is 4.64. The van der Waals surface area contributed by atoms with Gasteiger partial charge < -0.3 is 30.2 Å². The molecule has 0 spiro atoms. The molecule has 1 aromatic heterocycles. The first kappa shape index (κ1) is 30.4. The molecule has 3 aromatic rings. The van der Waals surface area contributed by atoms with Gasteiger partial charge in [0.05, 0.1) is 18.3 Å². The van der Waals surface area contributed by atoms with Crippen molar-refractivity contribution in [3.05, 3.63) is 70.0 Å². The normalized spacial score (nSPS) is 12.9. The molecule has 1 saturated heterocycles. The number of nitrogens with zero attached hydrogens (tertiary/aromatic N) is 5. The molecule has 9 nitrogen and oxygen atoms in total. The van der Waals surface area contributed by atoms with Gasteiger partial charge in [-0.2, -0.15) is 5.26 Å². The van der Waals surface area contributed by atoms with Gasteiger partial charge in [0.15, 0.2) is 0 Å². The van der Waals surface area contributed by atoms with Crippen LogP contribution in [0.2, 0.25) is 0 Å². The summed E-state index contributed by atoms with van der Waals surface area (Å²) >= 11 is 0. The van der Waals surface area contributed by atoms with E-state index in [1.807, 2.05) is 57.1 Å². The van der Waals surface area contributed by atoms with Crippen molar-refractivity contribution in [1.82, 2.24) is 20.5 Å². The maximum atomic E-state index is 13.4. The summed E-state index contributed by atoms with van der Waals surface area (Å²) in [6.07, 6.45) is 0.813. The molecule has 204 valence electrons. The van der Waals surface area contributed by atoms with Crippen LogP contribution in [-0.2, 0) is 6.54 Å². The number of methoxy groups -OCH3 is 1. The highest BCUT2D eigenvalue weighted by atomic mass is 16.5. The van der Waals surface area contributed by atoms with Crippen molar-refractivity contribution in [3.63, 3.8) is 0 Å². The fourth-order valence-electron chi connectivity index (χ4n) is 4.64. The number of aromatic nitrogens is 1. The SMILES string of the molecule is CC.COc1ccc(C(=O)N2CCN(c3c(C#N)c(=O)n(CCCN(C)C)c4ccccc34)CC2)cc1.N. The molecule has 0 saturated carbocycles.